The molecule has 42 heavy (non-hydrogen) atoms. The van der Waals surface area contributed by atoms with Gasteiger partial charge >= 0.3 is 24.4 Å². The van der Waals surface area contributed by atoms with Crippen LogP contribution in [0, 0.1) is 0 Å². The lowest BCUT2D eigenvalue weighted by Gasteiger charge is -2.23. The first-order chi connectivity index (χ1) is 19.6. The Morgan fingerprint density at radius 1 is 0.952 bits per heavy atom. The van der Waals surface area contributed by atoms with E-state index in [1.165, 1.54) is 26.2 Å². The summed E-state index contributed by atoms with van der Waals surface area (Å²) in [6.07, 6.45) is -12.8. The minimum atomic E-state index is -5.06. The lowest BCUT2D eigenvalue weighted by Crippen LogP contribution is -2.31. The van der Waals surface area contributed by atoms with Crippen LogP contribution < -0.4 is 9.47 Å². The maximum absolute atomic E-state index is 13.4. The Morgan fingerprint density at radius 3 is 2.14 bits per heavy atom. The number of halogens is 7. The van der Waals surface area contributed by atoms with Crippen molar-refractivity contribution in [3.05, 3.63) is 86.9 Å². The van der Waals surface area contributed by atoms with Gasteiger partial charge in [0.1, 0.15) is 11.9 Å². The van der Waals surface area contributed by atoms with Crippen molar-refractivity contribution >= 4 is 28.0 Å². The minimum Gasteiger partial charge on any atom is -0.493 e. The lowest BCUT2D eigenvalue weighted by atomic mass is 9.97. The highest BCUT2D eigenvalue weighted by Crippen LogP contribution is 2.42. The SMILES string of the molecule is COc1ccc(CC(=O)O)cc1Oc1ccc(Br)cc1CN1C(=O)OC(c2cc(C(F)(F)F)cc(C(F)(F)F)c2)C1C. The van der Waals surface area contributed by atoms with Gasteiger partial charge in [-0.25, -0.2) is 4.79 Å². The number of ether oxygens (including phenoxy) is 3. The molecule has 4 rings (SSSR count). The number of carboxylic acids is 1. The molecular formula is C28H22BrF6NO6. The van der Waals surface area contributed by atoms with Crippen LogP contribution in [0.25, 0.3) is 0 Å². The molecule has 0 aliphatic carbocycles. The monoisotopic (exact) mass is 661 g/mol. The molecule has 7 nitrogen and oxygen atoms in total. The standard InChI is InChI=1S/C28H22BrF6NO6/c1-14-25(16-9-18(27(30,31)32)12-19(10-16)28(33,34)35)42-26(39)36(14)13-17-11-20(29)4-6-21(17)41-23-7-15(8-24(37)38)3-5-22(23)40-2/h3-7,9-12,14,25H,8,13H2,1-2H3,(H,37,38). The number of hydrogen-bond donors (Lipinski definition) is 1. The van der Waals surface area contributed by atoms with E-state index < -0.39 is 53.3 Å². The highest BCUT2D eigenvalue weighted by molar-refractivity contribution is 9.10. The van der Waals surface area contributed by atoms with Gasteiger partial charge in [-0.05, 0) is 66.6 Å². The predicted octanol–water partition coefficient (Wildman–Crippen LogP) is 8.00. The second-order valence-electron chi connectivity index (χ2n) is 9.42. The van der Waals surface area contributed by atoms with Gasteiger partial charge in [0.2, 0.25) is 0 Å². The zero-order valence-corrected chi connectivity index (χ0v) is 23.4. The minimum absolute atomic E-state index is 0.00749. The molecule has 0 aromatic heterocycles. The van der Waals surface area contributed by atoms with Gasteiger partial charge in [0.25, 0.3) is 0 Å². The molecular weight excluding hydrogens is 640 g/mol. The first-order valence-electron chi connectivity index (χ1n) is 12.2. The van der Waals surface area contributed by atoms with Gasteiger partial charge in [-0.2, -0.15) is 26.3 Å². The van der Waals surface area contributed by atoms with Crippen molar-refractivity contribution in [2.45, 2.75) is 44.4 Å². The molecule has 3 aromatic rings. The van der Waals surface area contributed by atoms with E-state index in [0.717, 1.165) is 4.90 Å². The molecule has 1 aliphatic rings. The van der Waals surface area contributed by atoms with Crippen molar-refractivity contribution in [3.8, 4) is 17.2 Å². The van der Waals surface area contributed by atoms with Gasteiger partial charge in [0.15, 0.2) is 11.5 Å². The van der Waals surface area contributed by atoms with Gasteiger partial charge in [-0.3, -0.25) is 9.69 Å². The van der Waals surface area contributed by atoms with E-state index in [1.54, 1.807) is 24.3 Å². The molecule has 1 amide bonds. The summed E-state index contributed by atoms with van der Waals surface area (Å²) in [6, 6.07) is 9.50. The van der Waals surface area contributed by atoms with Crippen LogP contribution in [0.1, 0.15) is 40.8 Å². The number of cyclic esters (lactones) is 1. The van der Waals surface area contributed by atoms with Gasteiger partial charge in [-0.1, -0.05) is 22.0 Å². The van der Waals surface area contributed by atoms with E-state index in [2.05, 4.69) is 15.9 Å². The van der Waals surface area contributed by atoms with E-state index in [0.29, 0.717) is 27.7 Å². The van der Waals surface area contributed by atoms with Gasteiger partial charge in [0, 0.05) is 10.0 Å². The summed E-state index contributed by atoms with van der Waals surface area (Å²) < 4.78 is 97.7. The first-order valence-corrected chi connectivity index (χ1v) is 13.0. The maximum Gasteiger partial charge on any atom is 0.416 e. The van der Waals surface area contributed by atoms with Crippen LogP contribution in [0.4, 0.5) is 31.1 Å². The number of benzene rings is 3. The number of hydrogen-bond acceptors (Lipinski definition) is 5. The quantitative estimate of drug-likeness (QED) is 0.246. The Hall–Kier alpha value is -3.94. The molecule has 0 radical (unpaired) electrons. The number of aliphatic carboxylic acids is 1. The number of nitrogens with zero attached hydrogens (tertiary/aromatic N) is 1. The number of carbonyl (C=O) groups is 2. The smallest absolute Gasteiger partial charge is 0.416 e. The molecule has 1 N–H and O–H groups in total. The van der Waals surface area contributed by atoms with Crippen molar-refractivity contribution in [1.82, 2.24) is 4.90 Å². The summed E-state index contributed by atoms with van der Waals surface area (Å²) in [5, 5.41) is 9.13. The van der Waals surface area contributed by atoms with Crippen molar-refractivity contribution in [2.24, 2.45) is 0 Å². The molecule has 3 aromatic carbocycles. The van der Waals surface area contributed by atoms with Crippen LogP contribution >= 0.6 is 15.9 Å². The third kappa shape index (κ3) is 6.92. The summed E-state index contributed by atoms with van der Waals surface area (Å²) in [5.74, 6) is -0.365. The Balaban J connectivity index is 1.66. The number of rotatable bonds is 8. The fourth-order valence-electron chi connectivity index (χ4n) is 4.46. The summed E-state index contributed by atoms with van der Waals surface area (Å²) in [4.78, 5) is 25.2. The highest BCUT2D eigenvalue weighted by Gasteiger charge is 2.43. The maximum atomic E-state index is 13.4. The number of alkyl halides is 6. The number of methoxy groups -OCH3 is 1. The molecule has 0 saturated carbocycles. The Morgan fingerprint density at radius 2 is 1.57 bits per heavy atom. The summed E-state index contributed by atoms with van der Waals surface area (Å²) >= 11 is 3.34. The Labute approximate surface area is 243 Å². The lowest BCUT2D eigenvalue weighted by molar-refractivity contribution is -0.143. The fourth-order valence-corrected chi connectivity index (χ4v) is 4.87. The Bertz CT molecular complexity index is 1480. The van der Waals surface area contributed by atoms with E-state index in [9.17, 15) is 35.9 Å². The predicted molar refractivity (Wildman–Crippen MR) is 139 cm³/mol. The van der Waals surface area contributed by atoms with Crippen molar-refractivity contribution in [1.29, 1.82) is 0 Å². The fraction of sp³-hybridized carbons (Fsp3) is 0.286. The average Bonchev–Trinajstić information content (AvgIpc) is 3.17. The van der Waals surface area contributed by atoms with Crippen LogP contribution in [0.2, 0.25) is 0 Å². The third-order valence-electron chi connectivity index (χ3n) is 6.50. The highest BCUT2D eigenvalue weighted by atomic mass is 79.9. The van der Waals surface area contributed by atoms with Crippen LogP contribution in [-0.2, 0) is 34.8 Å². The van der Waals surface area contributed by atoms with Crippen molar-refractivity contribution in [3.63, 3.8) is 0 Å². The van der Waals surface area contributed by atoms with Gasteiger partial charge in [0.05, 0.1) is 37.2 Å². The molecule has 14 heteroatoms. The van der Waals surface area contributed by atoms with Crippen LogP contribution in [0.3, 0.4) is 0 Å². The molecule has 1 aliphatic heterocycles. The Kier molecular flexibility index (Phi) is 8.67. The molecule has 0 spiro atoms. The molecule has 2 atom stereocenters. The van der Waals surface area contributed by atoms with Crippen LogP contribution in [0.15, 0.2) is 59.1 Å². The molecule has 1 heterocycles. The van der Waals surface area contributed by atoms with Crippen LogP contribution in [0.5, 0.6) is 17.2 Å². The van der Waals surface area contributed by atoms with Crippen LogP contribution in [-0.4, -0.2) is 35.2 Å². The second kappa shape index (κ2) is 11.7. The van der Waals surface area contributed by atoms with Crippen molar-refractivity contribution in [2.75, 3.05) is 7.11 Å². The summed E-state index contributed by atoms with van der Waals surface area (Å²) in [6.45, 7) is 1.26. The van der Waals surface area contributed by atoms with Gasteiger partial charge < -0.3 is 19.3 Å². The van der Waals surface area contributed by atoms with E-state index >= 15 is 0 Å². The molecule has 0 bridgehead atoms. The normalized spacial score (nSPS) is 17.3. The summed E-state index contributed by atoms with van der Waals surface area (Å²) in [5.41, 5.74) is -2.66. The summed E-state index contributed by atoms with van der Waals surface area (Å²) in [7, 11) is 1.39. The average molecular weight is 662 g/mol. The largest absolute Gasteiger partial charge is 0.493 e. The van der Waals surface area contributed by atoms with E-state index in [1.807, 2.05) is 0 Å². The number of carbonyl (C=O) groups excluding carboxylic acids is 1. The first kappa shape index (κ1) is 31.0. The zero-order valence-electron chi connectivity index (χ0n) is 21.8. The molecule has 224 valence electrons. The van der Waals surface area contributed by atoms with Gasteiger partial charge in [-0.15, -0.1) is 0 Å². The number of amides is 1. The molecule has 1 saturated heterocycles. The number of carboxylic acid groups (broad SMARTS) is 1. The van der Waals surface area contributed by atoms with E-state index in [4.69, 9.17) is 19.3 Å². The third-order valence-corrected chi connectivity index (χ3v) is 6.99. The van der Waals surface area contributed by atoms with Crippen molar-refractivity contribution < 1.29 is 55.2 Å². The zero-order chi connectivity index (χ0) is 31.0. The topological polar surface area (TPSA) is 85.3 Å². The van der Waals surface area contributed by atoms with E-state index in [-0.39, 0.29) is 36.3 Å². The molecule has 2 unspecified atom stereocenters. The second-order valence-corrected chi connectivity index (χ2v) is 10.3. The molecule has 1 fully saturated rings.